The zero-order valence-corrected chi connectivity index (χ0v) is 10.4. The summed E-state index contributed by atoms with van der Waals surface area (Å²) in [5.74, 6) is 0. The van der Waals surface area contributed by atoms with Gasteiger partial charge in [0.1, 0.15) is 6.29 Å². The quantitative estimate of drug-likeness (QED) is 0.668. The molecule has 19 heavy (non-hydrogen) atoms. The summed E-state index contributed by atoms with van der Waals surface area (Å²) in [6, 6.07) is 14.7. The molecule has 4 rings (SSSR count). The van der Waals surface area contributed by atoms with E-state index in [2.05, 4.69) is 42.5 Å². The first kappa shape index (κ1) is 10.7. The van der Waals surface area contributed by atoms with Crippen LogP contribution in [0.25, 0.3) is 27.6 Å². The van der Waals surface area contributed by atoms with Gasteiger partial charge in [0.15, 0.2) is 0 Å². The monoisotopic (exact) mass is 247 g/mol. The molecule has 0 amide bonds. The molecule has 3 aromatic carbocycles. The van der Waals surface area contributed by atoms with Gasteiger partial charge in [-0.3, -0.25) is 0 Å². The van der Waals surface area contributed by atoms with Gasteiger partial charge in [-0.2, -0.15) is 0 Å². The summed E-state index contributed by atoms with van der Waals surface area (Å²) in [6.07, 6.45) is 3.32. The van der Waals surface area contributed by atoms with Crippen LogP contribution < -0.4 is 11.0 Å². The number of aldehydes is 1. The third-order valence-electron chi connectivity index (χ3n) is 4.04. The molecule has 1 aliphatic rings. The van der Waals surface area contributed by atoms with Gasteiger partial charge >= 0.3 is 0 Å². The van der Waals surface area contributed by atoms with Gasteiger partial charge in [0.05, 0.1) is 5.54 Å². The Morgan fingerprint density at radius 3 is 2.47 bits per heavy atom. The van der Waals surface area contributed by atoms with Gasteiger partial charge in [-0.25, -0.2) is 0 Å². The molecule has 0 saturated heterocycles. The number of hydrogen-bond donors (Lipinski definition) is 1. The second-order valence-electron chi connectivity index (χ2n) is 5.39. The lowest BCUT2D eigenvalue weighted by Gasteiger charge is -2.25. The molecule has 0 bridgehead atoms. The van der Waals surface area contributed by atoms with Crippen molar-refractivity contribution in [2.24, 2.45) is 5.73 Å². The predicted octanol–water partition coefficient (Wildman–Crippen LogP) is 1.94. The van der Waals surface area contributed by atoms with Crippen molar-refractivity contribution in [2.75, 3.05) is 0 Å². The van der Waals surface area contributed by atoms with Crippen LogP contribution in [-0.2, 0) is 11.2 Å². The van der Waals surface area contributed by atoms with Crippen molar-refractivity contribution in [2.45, 2.75) is 12.0 Å². The van der Waals surface area contributed by atoms with E-state index in [0.29, 0.717) is 6.42 Å². The van der Waals surface area contributed by atoms with Gasteiger partial charge in [-0.15, -0.1) is 0 Å². The van der Waals surface area contributed by atoms with E-state index in [1.807, 2.05) is 6.08 Å². The maximum atomic E-state index is 11.2. The maximum Gasteiger partial charge on any atom is 0.144 e. The second-order valence-corrected chi connectivity index (χ2v) is 5.39. The molecule has 0 heterocycles. The van der Waals surface area contributed by atoms with Gasteiger partial charge in [0, 0.05) is 6.42 Å². The summed E-state index contributed by atoms with van der Waals surface area (Å²) < 4.78 is 0. The minimum Gasteiger partial charge on any atom is -0.316 e. The van der Waals surface area contributed by atoms with Gasteiger partial charge < -0.3 is 10.5 Å². The van der Waals surface area contributed by atoms with E-state index in [1.165, 1.54) is 21.5 Å². The fourth-order valence-corrected chi connectivity index (χ4v) is 3.20. The molecule has 0 aromatic heterocycles. The lowest BCUT2D eigenvalue weighted by molar-refractivity contribution is -0.110. The average Bonchev–Trinajstić information content (AvgIpc) is 2.44. The molecular formula is C17H13NO. The van der Waals surface area contributed by atoms with Crippen LogP contribution in [0.1, 0.15) is 5.56 Å². The minimum absolute atomic E-state index is 0.577. The van der Waals surface area contributed by atoms with Gasteiger partial charge in [-0.05, 0) is 38.4 Å². The Balaban J connectivity index is 2.28. The van der Waals surface area contributed by atoms with E-state index < -0.39 is 5.54 Å². The molecule has 0 radical (unpaired) electrons. The van der Waals surface area contributed by atoms with Crippen LogP contribution >= 0.6 is 0 Å². The van der Waals surface area contributed by atoms with Crippen LogP contribution in [0.5, 0.6) is 0 Å². The van der Waals surface area contributed by atoms with E-state index in [4.69, 9.17) is 5.73 Å². The molecule has 2 nitrogen and oxygen atoms in total. The zero-order valence-electron chi connectivity index (χ0n) is 10.4. The minimum atomic E-state index is -0.868. The number of hydrogen-bond acceptors (Lipinski definition) is 2. The van der Waals surface area contributed by atoms with Crippen LogP contribution in [0, 0.1) is 0 Å². The Hall–Kier alpha value is -2.19. The third-order valence-corrected chi connectivity index (χ3v) is 4.04. The van der Waals surface area contributed by atoms with E-state index in [1.54, 1.807) is 0 Å². The predicted molar refractivity (Wildman–Crippen MR) is 77.8 cm³/mol. The lowest BCUT2D eigenvalue weighted by atomic mass is 9.82. The lowest BCUT2D eigenvalue weighted by Crippen LogP contribution is -2.45. The highest BCUT2D eigenvalue weighted by Gasteiger charge is 2.26. The topological polar surface area (TPSA) is 43.1 Å². The number of rotatable bonds is 1. The first-order valence-corrected chi connectivity index (χ1v) is 6.41. The highest BCUT2D eigenvalue weighted by Crippen LogP contribution is 2.30. The van der Waals surface area contributed by atoms with Crippen molar-refractivity contribution < 1.29 is 4.79 Å². The smallest absolute Gasteiger partial charge is 0.144 e. The van der Waals surface area contributed by atoms with Crippen LogP contribution in [-0.4, -0.2) is 11.8 Å². The summed E-state index contributed by atoms with van der Waals surface area (Å²) in [4.78, 5) is 11.2. The fourth-order valence-electron chi connectivity index (χ4n) is 3.20. The molecule has 92 valence electrons. The van der Waals surface area contributed by atoms with E-state index in [0.717, 1.165) is 17.1 Å². The molecule has 0 saturated carbocycles. The SMILES string of the molecule is NC1(C=O)C=c2ccc3cccc4ccc(c2c43)C1. The van der Waals surface area contributed by atoms with Gasteiger partial charge in [0.2, 0.25) is 0 Å². The van der Waals surface area contributed by atoms with Crippen LogP contribution in [0.2, 0.25) is 0 Å². The van der Waals surface area contributed by atoms with Crippen molar-refractivity contribution in [3.8, 4) is 0 Å². The van der Waals surface area contributed by atoms with Gasteiger partial charge in [-0.1, -0.05) is 42.5 Å². The summed E-state index contributed by atoms with van der Waals surface area (Å²) >= 11 is 0. The van der Waals surface area contributed by atoms with Crippen LogP contribution in [0.4, 0.5) is 0 Å². The van der Waals surface area contributed by atoms with Crippen molar-refractivity contribution in [3.05, 3.63) is 53.2 Å². The van der Waals surface area contributed by atoms with Gasteiger partial charge in [0.25, 0.3) is 0 Å². The average molecular weight is 247 g/mol. The molecule has 2 N–H and O–H groups in total. The Bertz CT molecular complexity index is 865. The van der Waals surface area contributed by atoms with Crippen molar-refractivity contribution >= 4 is 33.9 Å². The van der Waals surface area contributed by atoms with Crippen molar-refractivity contribution in [1.82, 2.24) is 0 Å². The fraction of sp³-hybridized carbons (Fsp3) is 0.118. The Kier molecular flexibility index (Phi) is 1.93. The molecule has 0 aliphatic heterocycles. The second kappa shape index (κ2) is 3.43. The molecule has 1 unspecified atom stereocenters. The number of nitrogens with two attached hydrogens (primary N) is 1. The standard InChI is InChI=1S/C17H13NO/c18-17(10-19)8-13-6-4-11-2-1-3-12-5-7-14(9-17)16(13)15(11)12/h1-8,10H,9,18H2. The number of carbonyl (C=O) groups is 1. The molecular weight excluding hydrogens is 234 g/mol. The highest BCUT2D eigenvalue weighted by atomic mass is 16.1. The van der Waals surface area contributed by atoms with Crippen molar-refractivity contribution in [3.63, 3.8) is 0 Å². The Labute approximate surface area is 110 Å². The summed E-state index contributed by atoms with van der Waals surface area (Å²) in [7, 11) is 0. The molecule has 1 aliphatic carbocycles. The Morgan fingerprint density at radius 1 is 1.00 bits per heavy atom. The summed E-state index contributed by atoms with van der Waals surface area (Å²) in [5, 5.41) is 6.07. The Morgan fingerprint density at radius 2 is 1.74 bits per heavy atom. The molecule has 1 atom stereocenters. The molecule has 0 spiro atoms. The van der Waals surface area contributed by atoms with Crippen LogP contribution in [0.3, 0.4) is 0 Å². The first-order chi connectivity index (χ1) is 9.20. The molecule has 0 fully saturated rings. The van der Waals surface area contributed by atoms with E-state index in [9.17, 15) is 4.79 Å². The van der Waals surface area contributed by atoms with E-state index in [-0.39, 0.29) is 0 Å². The normalized spacial score (nSPS) is 21.5. The summed E-state index contributed by atoms with van der Waals surface area (Å²) in [6.45, 7) is 0. The third kappa shape index (κ3) is 1.38. The first-order valence-electron chi connectivity index (χ1n) is 6.41. The largest absolute Gasteiger partial charge is 0.316 e. The zero-order chi connectivity index (χ0) is 13.0. The summed E-state index contributed by atoms with van der Waals surface area (Å²) in [5.41, 5.74) is 6.42. The van der Waals surface area contributed by atoms with Crippen LogP contribution in [0.15, 0.2) is 42.5 Å². The maximum absolute atomic E-state index is 11.2. The van der Waals surface area contributed by atoms with E-state index >= 15 is 0 Å². The molecule has 3 aromatic rings. The van der Waals surface area contributed by atoms with Crippen molar-refractivity contribution in [1.29, 1.82) is 0 Å². The molecule has 2 heteroatoms. The number of benzene rings is 3. The number of carbonyl (C=O) groups excluding carboxylic acids is 1. The highest BCUT2D eigenvalue weighted by molar-refractivity contribution is 6.12.